The van der Waals surface area contributed by atoms with E-state index in [0.717, 1.165) is 69.0 Å². The van der Waals surface area contributed by atoms with E-state index < -0.39 is 0 Å². The zero-order valence-electron chi connectivity index (χ0n) is 18.3. The number of rotatable bonds is 8. The van der Waals surface area contributed by atoms with Gasteiger partial charge in [0.2, 0.25) is 5.95 Å². The van der Waals surface area contributed by atoms with E-state index in [4.69, 9.17) is 15.7 Å². The van der Waals surface area contributed by atoms with Crippen LogP contribution in [0.5, 0.6) is 0 Å². The van der Waals surface area contributed by atoms with Crippen molar-refractivity contribution >= 4 is 17.1 Å². The lowest BCUT2D eigenvalue weighted by Gasteiger charge is -2.31. The molecule has 0 amide bonds. The molecule has 1 atom stereocenters. The minimum absolute atomic E-state index is 0.0419. The van der Waals surface area contributed by atoms with Crippen molar-refractivity contribution in [3.63, 3.8) is 0 Å². The number of aryl methyl sites for hydroxylation is 1. The summed E-state index contributed by atoms with van der Waals surface area (Å²) in [5.41, 5.74) is 8.43. The largest absolute Gasteiger partial charge is 0.341 e. The second kappa shape index (κ2) is 9.47. The number of hydrogen-bond donors (Lipinski definition) is 1. The highest BCUT2D eigenvalue weighted by Crippen LogP contribution is 2.24. The van der Waals surface area contributed by atoms with E-state index in [2.05, 4.69) is 23.6 Å². The number of piperidine rings is 1. The topological polar surface area (TPSA) is 82.0 Å². The van der Waals surface area contributed by atoms with Crippen LogP contribution >= 0.6 is 0 Å². The fraction of sp³-hybridized carbons (Fsp3) is 0.458. The summed E-state index contributed by atoms with van der Waals surface area (Å²) in [6.45, 7) is 5.99. The van der Waals surface area contributed by atoms with Crippen LogP contribution in [0, 0.1) is 0 Å². The molecule has 0 spiro atoms. The van der Waals surface area contributed by atoms with Crippen molar-refractivity contribution in [2.45, 2.75) is 51.1 Å². The third-order valence-electron chi connectivity index (χ3n) is 6.04. The molecule has 1 aliphatic heterocycles. The molecular weight excluding hydrogens is 388 g/mol. The number of benzene rings is 1. The molecule has 0 radical (unpaired) electrons. The van der Waals surface area contributed by atoms with Crippen molar-refractivity contribution < 1.29 is 0 Å². The summed E-state index contributed by atoms with van der Waals surface area (Å²) in [6, 6.07) is 10.3. The Morgan fingerprint density at radius 1 is 1.23 bits per heavy atom. The molecule has 4 rings (SSSR count). The number of unbranched alkanes of at least 4 members (excludes halogenated alkanes) is 2. The maximum Gasteiger partial charge on any atom is 0.279 e. The summed E-state index contributed by atoms with van der Waals surface area (Å²) in [7, 11) is 1.81. The van der Waals surface area contributed by atoms with Gasteiger partial charge in [0.25, 0.3) is 5.56 Å². The lowest BCUT2D eigenvalue weighted by Crippen LogP contribution is -2.44. The van der Waals surface area contributed by atoms with E-state index in [9.17, 15) is 4.79 Å². The number of anilines is 1. The quantitative estimate of drug-likeness (QED) is 0.447. The number of imidazole rings is 1. The van der Waals surface area contributed by atoms with Crippen LogP contribution in [-0.4, -0.2) is 38.2 Å². The fourth-order valence-electron chi connectivity index (χ4n) is 4.34. The molecule has 164 valence electrons. The number of fused-ring (bicyclic) bond motifs is 1. The van der Waals surface area contributed by atoms with Gasteiger partial charge in [-0.3, -0.25) is 13.9 Å². The summed E-state index contributed by atoms with van der Waals surface area (Å²) < 4.78 is 3.71. The van der Waals surface area contributed by atoms with E-state index >= 15 is 0 Å². The summed E-state index contributed by atoms with van der Waals surface area (Å²) in [5.74, 6) is 1.58. The van der Waals surface area contributed by atoms with Gasteiger partial charge in [-0.1, -0.05) is 36.4 Å². The highest BCUT2D eigenvalue weighted by atomic mass is 16.1. The second-order valence-electron chi connectivity index (χ2n) is 8.43. The van der Waals surface area contributed by atoms with Gasteiger partial charge < -0.3 is 10.6 Å². The Morgan fingerprint density at radius 2 is 2.03 bits per heavy atom. The first-order chi connectivity index (χ1) is 15.1. The third kappa shape index (κ3) is 4.56. The summed E-state index contributed by atoms with van der Waals surface area (Å²) in [5, 5.41) is 0. The molecule has 7 heteroatoms. The van der Waals surface area contributed by atoms with Crippen LogP contribution in [0.15, 0.2) is 47.8 Å². The number of allylic oxidation sites excluding steroid dienone is 1. The third-order valence-corrected chi connectivity index (χ3v) is 6.04. The average Bonchev–Trinajstić information content (AvgIpc) is 3.13. The SMILES string of the molecule is C=CCCCCc1nc2nc(N3CCCC(N)C3)n(Cc3ccccc3)c2c(=O)n1C. The highest BCUT2D eigenvalue weighted by Gasteiger charge is 2.25. The summed E-state index contributed by atoms with van der Waals surface area (Å²) in [4.78, 5) is 25.3. The van der Waals surface area contributed by atoms with E-state index in [1.807, 2.05) is 35.9 Å². The maximum atomic E-state index is 13.4. The molecule has 0 aliphatic carbocycles. The first kappa shape index (κ1) is 21.3. The molecular formula is C24H32N6O. The first-order valence-corrected chi connectivity index (χ1v) is 11.2. The van der Waals surface area contributed by atoms with Crippen LogP contribution in [0.4, 0.5) is 5.95 Å². The smallest absolute Gasteiger partial charge is 0.279 e. The first-order valence-electron chi connectivity index (χ1n) is 11.2. The Labute approximate surface area is 183 Å². The fourth-order valence-corrected chi connectivity index (χ4v) is 4.34. The van der Waals surface area contributed by atoms with Crippen LogP contribution < -0.4 is 16.2 Å². The van der Waals surface area contributed by atoms with Crippen LogP contribution in [-0.2, 0) is 20.0 Å². The highest BCUT2D eigenvalue weighted by molar-refractivity contribution is 5.74. The molecule has 1 aliphatic rings. The predicted molar refractivity (Wildman–Crippen MR) is 125 cm³/mol. The predicted octanol–water partition coefficient (Wildman–Crippen LogP) is 3.00. The Morgan fingerprint density at radius 3 is 2.77 bits per heavy atom. The van der Waals surface area contributed by atoms with Crippen LogP contribution in [0.2, 0.25) is 0 Å². The maximum absolute atomic E-state index is 13.4. The standard InChI is InChI=1S/C24H32N6O/c1-3-4-5-9-14-20-26-22-21(23(31)28(20)2)30(16-18-11-7-6-8-12-18)24(27-22)29-15-10-13-19(25)17-29/h3,6-8,11-12,19H,1,4-5,9-10,13-17,25H2,2H3. The van der Waals surface area contributed by atoms with Crippen molar-refractivity contribution in [3.05, 3.63) is 64.7 Å². The van der Waals surface area contributed by atoms with Gasteiger partial charge in [0.05, 0.1) is 6.54 Å². The zero-order valence-corrected chi connectivity index (χ0v) is 18.3. The monoisotopic (exact) mass is 420 g/mol. The molecule has 1 unspecified atom stereocenters. The summed E-state index contributed by atoms with van der Waals surface area (Å²) >= 11 is 0. The lowest BCUT2D eigenvalue weighted by molar-refractivity contribution is 0.495. The van der Waals surface area contributed by atoms with Gasteiger partial charge in [-0.15, -0.1) is 6.58 Å². The van der Waals surface area contributed by atoms with Crippen molar-refractivity contribution in [3.8, 4) is 0 Å². The molecule has 3 heterocycles. The molecule has 2 N–H and O–H groups in total. The number of nitrogens with zero attached hydrogens (tertiary/aromatic N) is 5. The van der Waals surface area contributed by atoms with Gasteiger partial charge in [-0.05, 0) is 37.7 Å². The second-order valence-corrected chi connectivity index (χ2v) is 8.43. The van der Waals surface area contributed by atoms with Crippen molar-refractivity contribution in [2.75, 3.05) is 18.0 Å². The number of hydrogen-bond acceptors (Lipinski definition) is 5. The minimum Gasteiger partial charge on any atom is -0.341 e. The average molecular weight is 421 g/mol. The molecule has 1 fully saturated rings. The number of nitrogens with two attached hydrogens (primary N) is 1. The van der Waals surface area contributed by atoms with Crippen molar-refractivity contribution in [2.24, 2.45) is 12.8 Å². The van der Waals surface area contributed by atoms with Crippen molar-refractivity contribution in [1.29, 1.82) is 0 Å². The minimum atomic E-state index is -0.0419. The van der Waals surface area contributed by atoms with E-state index in [-0.39, 0.29) is 11.6 Å². The van der Waals surface area contributed by atoms with E-state index in [1.54, 1.807) is 4.57 Å². The summed E-state index contributed by atoms with van der Waals surface area (Å²) in [6.07, 6.45) is 7.70. The number of aromatic nitrogens is 4. The van der Waals surface area contributed by atoms with Gasteiger partial charge in [-0.2, -0.15) is 4.98 Å². The molecule has 1 saturated heterocycles. The van der Waals surface area contributed by atoms with E-state index in [0.29, 0.717) is 17.7 Å². The molecule has 3 aromatic rings. The van der Waals surface area contributed by atoms with E-state index in [1.165, 1.54) is 0 Å². The lowest BCUT2D eigenvalue weighted by atomic mass is 10.1. The molecule has 0 saturated carbocycles. The van der Waals surface area contributed by atoms with Crippen LogP contribution in [0.3, 0.4) is 0 Å². The van der Waals surface area contributed by atoms with Gasteiger partial charge in [0.15, 0.2) is 11.2 Å². The Bertz CT molecular complexity index is 1100. The van der Waals surface area contributed by atoms with Gasteiger partial charge >= 0.3 is 0 Å². The Hall–Kier alpha value is -2.93. The van der Waals surface area contributed by atoms with Crippen LogP contribution in [0.25, 0.3) is 11.2 Å². The van der Waals surface area contributed by atoms with Gasteiger partial charge in [0, 0.05) is 32.6 Å². The normalized spacial score (nSPS) is 16.7. The molecule has 0 bridgehead atoms. The van der Waals surface area contributed by atoms with Gasteiger partial charge in [0.1, 0.15) is 5.82 Å². The molecule has 31 heavy (non-hydrogen) atoms. The molecule has 7 nitrogen and oxygen atoms in total. The molecule has 1 aromatic carbocycles. The van der Waals surface area contributed by atoms with Crippen LogP contribution in [0.1, 0.15) is 43.5 Å². The van der Waals surface area contributed by atoms with Crippen molar-refractivity contribution in [1.82, 2.24) is 19.1 Å². The van der Waals surface area contributed by atoms with Gasteiger partial charge in [-0.25, -0.2) is 4.98 Å². The zero-order chi connectivity index (χ0) is 21.8. The molecule has 2 aromatic heterocycles. The Kier molecular flexibility index (Phi) is 6.51. The Balaban J connectivity index is 1.78.